The molecule has 3 aromatic rings. The number of nitro benzene ring substituents is 1. The first-order valence-corrected chi connectivity index (χ1v) is 7.29. The number of ether oxygens (including phenoxy) is 1. The molecule has 8 nitrogen and oxygen atoms in total. The number of nitro groups is 1. The van der Waals surface area contributed by atoms with Gasteiger partial charge in [0.25, 0.3) is 5.69 Å². The Balaban J connectivity index is 2.50. The van der Waals surface area contributed by atoms with Gasteiger partial charge in [0.2, 0.25) is 0 Å². The Morgan fingerprint density at radius 2 is 2.04 bits per heavy atom. The Morgan fingerprint density at radius 1 is 1.28 bits per heavy atom. The lowest BCUT2D eigenvalue weighted by Crippen LogP contribution is -2.23. The van der Waals surface area contributed by atoms with Crippen molar-refractivity contribution in [2.45, 2.75) is 6.92 Å². The molecule has 2 heterocycles. The average Bonchev–Trinajstić information content (AvgIpc) is 2.63. The molecule has 0 atom stereocenters. The zero-order valence-electron chi connectivity index (χ0n) is 13.4. The minimum absolute atomic E-state index is 0.0146. The van der Waals surface area contributed by atoms with E-state index in [0.29, 0.717) is 11.1 Å². The lowest BCUT2D eigenvalue weighted by Gasteiger charge is -2.16. The lowest BCUT2D eigenvalue weighted by atomic mass is 10.1. The molecule has 0 aliphatic carbocycles. The fourth-order valence-corrected chi connectivity index (χ4v) is 2.67. The van der Waals surface area contributed by atoms with Gasteiger partial charge >= 0.3 is 5.97 Å². The second kappa shape index (κ2) is 6.16. The number of aromatic nitrogens is 2. The first-order chi connectivity index (χ1) is 12.0. The van der Waals surface area contributed by atoms with E-state index in [4.69, 9.17) is 4.74 Å². The summed E-state index contributed by atoms with van der Waals surface area (Å²) >= 11 is 0. The highest BCUT2D eigenvalue weighted by Gasteiger charge is 2.23. The highest BCUT2D eigenvalue weighted by molar-refractivity contribution is 5.94. The zero-order valence-corrected chi connectivity index (χ0v) is 13.4. The molecule has 0 saturated heterocycles. The van der Waals surface area contributed by atoms with Crippen molar-refractivity contribution in [2.75, 3.05) is 7.11 Å². The highest BCUT2D eigenvalue weighted by atomic mass is 16.6. The summed E-state index contributed by atoms with van der Waals surface area (Å²) in [6, 6.07) is 8.94. The Morgan fingerprint density at radius 3 is 2.72 bits per heavy atom. The average molecular weight is 339 g/mol. The second-order valence-corrected chi connectivity index (χ2v) is 5.28. The molecule has 0 aliphatic rings. The highest BCUT2D eigenvalue weighted by Crippen LogP contribution is 2.23. The van der Waals surface area contributed by atoms with Gasteiger partial charge in [-0.25, -0.2) is 9.78 Å². The molecule has 0 spiro atoms. The van der Waals surface area contributed by atoms with Crippen molar-refractivity contribution in [1.29, 1.82) is 0 Å². The number of hydrogen-bond donors (Lipinski definition) is 0. The van der Waals surface area contributed by atoms with E-state index < -0.39 is 10.9 Å². The maximum absolute atomic E-state index is 12.6. The Bertz CT molecular complexity index is 1070. The van der Waals surface area contributed by atoms with Crippen LogP contribution < -0.4 is 5.43 Å². The van der Waals surface area contributed by atoms with E-state index in [1.807, 2.05) is 0 Å². The van der Waals surface area contributed by atoms with Gasteiger partial charge in [0, 0.05) is 23.9 Å². The number of methoxy groups -OCH3 is 1. The molecule has 25 heavy (non-hydrogen) atoms. The van der Waals surface area contributed by atoms with Gasteiger partial charge in [0.1, 0.15) is 11.3 Å². The van der Waals surface area contributed by atoms with Crippen LogP contribution in [0.15, 0.2) is 47.4 Å². The van der Waals surface area contributed by atoms with E-state index in [0.717, 1.165) is 0 Å². The SMILES string of the molecule is COC(=O)c1c(C)c(=O)c2cccnc2n1-c1cccc([N+](=O)[O-])c1. The number of esters is 1. The molecule has 8 heteroatoms. The van der Waals surface area contributed by atoms with Gasteiger partial charge in [-0.05, 0) is 25.1 Å². The van der Waals surface area contributed by atoms with Crippen LogP contribution in [0, 0.1) is 17.0 Å². The third kappa shape index (κ3) is 2.63. The van der Waals surface area contributed by atoms with E-state index in [2.05, 4.69) is 4.98 Å². The number of fused-ring (bicyclic) bond motifs is 1. The topological polar surface area (TPSA) is 104 Å². The number of benzene rings is 1. The third-order valence-corrected chi connectivity index (χ3v) is 3.84. The molecule has 0 fully saturated rings. The fourth-order valence-electron chi connectivity index (χ4n) is 2.67. The molecule has 0 saturated carbocycles. The van der Waals surface area contributed by atoms with Gasteiger partial charge < -0.3 is 4.74 Å². The fraction of sp³-hybridized carbons (Fsp3) is 0.118. The summed E-state index contributed by atoms with van der Waals surface area (Å²) in [5, 5.41) is 11.4. The molecule has 0 amide bonds. The van der Waals surface area contributed by atoms with Crippen LogP contribution in [0.4, 0.5) is 5.69 Å². The van der Waals surface area contributed by atoms with Gasteiger partial charge in [-0.2, -0.15) is 0 Å². The summed E-state index contributed by atoms with van der Waals surface area (Å²) in [4.78, 5) is 39.6. The predicted molar refractivity (Wildman–Crippen MR) is 90.1 cm³/mol. The number of non-ortho nitro benzene ring substituents is 1. The van der Waals surface area contributed by atoms with Gasteiger partial charge in [-0.1, -0.05) is 6.07 Å². The lowest BCUT2D eigenvalue weighted by molar-refractivity contribution is -0.384. The van der Waals surface area contributed by atoms with Crippen LogP contribution in [0.25, 0.3) is 16.7 Å². The first kappa shape index (κ1) is 16.3. The van der Waals surface area contributed by atoms with Gasteiger partial charge in [0.15, 0.2) is 5.43 Å². The number of pyridine rings is 2. The molecule has 0 aliphatic heterocycles. The van der Waals surface area contributed by atoms with Crippen LogP contribution >= 0.6 is 0 Å². The van der Waals surface area contributed by atoms with E-state index >= 15 is 0 Å². The number of carbonyl (C=O) groups is 1. The quantitative estimate of drug-likeness (QED) is 0.412. The Labute approximate surface area is 141 Å². The summed E-state index contributed by atoms with van der Waals surface area (Å²) in [5.41, 5.74) is 0.234. The molecule has 2 aromatic heterocycles. The molecule has 3 rings (SSSR count). The van der Waals surface area contributed by atoms with Gasteiger partial charge in [-0.3, -0.25) is 19.5 Å². The van der Waals surface area contributed by atoms with Crippen LogP contribution in [0.3, 0.4) is 0 Å². The molecular weight excluding hydrogens is 326 g/mol. The Hall–Kier alpha value is -3.55. The minimum atomic E-state index is -0.728. The number of hydrogen-bond acceptors (Lipinski definition) is 6. The van der Waals surface area contributed by atoms with E-state index in [1.165, 1.54) is 43.0 Å². The van der Waals surface area contributed by atoms with Crippen molar-refractivity contribution >= 4 is 22.7 Å². The molecule has 0 N–H and O–H groups in total. The number of rotatable bonds is 3. The van der Waals surface area contributed by atoms with Crippen LogP contribution in [0.2, 0.25) is 0 Å². The standard InChI is InChI=1S/C17H13N3O5/c1-10-14(17(22)25-2)19(11-5-3-6-12(9-11)20(23)24)16-13(15(10)21)7-4-8-18-16/h3-9H,1-2H3. The van der Waals surface area contributed by atoms with Crippen LogP contribution in [0.5, 0.6) is 0 Å². The number of nitrogens with zero attached hydrogens (tertiary/aromatic N) is 3. The molecule has 0 radical (unpaired) electrons. The van der Waals surface area contributed by atoms with E-state index in [-0.39, 0.29) is 28.0 Å². The van der Waals surface area contributed by atoms with Crippen molar-refractivity contribution in [3.63, 3.8) is 0 Å². The van der Waals surface area contributed by atoms with Crippen molar-refractivity contribution in [3.05, 3.63) is 74.2 Å². The van der Waals surface area contributed by atoms with Crippen LogP contribution in [-0.4, -0.2) is 27.6 Å². The second-order valence-electron chi connectivity index (χ2n) is 5.28. The maximum Gasteiger partial charge on any atom is 0.355 e. The van der Waals surface area contributed by atoms with Crippen molar-refractivity contribution < 1.29 is 14.5 Å². The van der Waals surface area contributed by atoms with E-state index in [1.54, 1.807) is 18.2 Å². The zero-order chi connectivity index (χ0) is 18.1. The van der Waals surface area contributed by atoms with Crippen molar-refractivity contribution in [3.8, 4) is 5.69 Å². The smallest absolute Gasteiger partial charge is 0.355 e. The predicted octanol–water partition coefficient (Wildman–Crippen LogP) is 2.39. The normalized spacial score (nSPS) is 10.6. The van der Waals surface area contributed by atoms with Crippen molar-refractivity contribution in [2.24, 2.45) is 0 Å². The summed E-state index contributed by atoms with van der Waals surface area (Å²) in [5.74, 6) is -0.728. The van der Waals surface area contributed by atoms with Crippen LogP contribution in [0.1, 0.15) is 16.1 Å². The first-order valence-electron chi connectivity index (χ1n) is 7.29. The summed E-state index contributed by atoms with van der Waals surface area (Å²) in [6.07, 6.45) is 1.48. The molecule has 1 aromatic carbocycles. The van der Waals surface area contributed by atoms with Crippen LogP contribution in [-0.2, 0) is 4.74 Å². The summed E-state index contributed by atoms with van der Waals surface area (Å²) in [6.45, 7) is 1.51. The van der Waals surface area contributed by atoms with Gasteiger partial charge in [0.05, 0.1) is 23.1 Å². The monoisotopic (exact) mass is 339 g/mol. The van der Waals surface area contributed by atoms with Crippen molar-refractivity contribution in [1.82, 2.24) is 9.55 Å². The Kier molecular flexibility index (Phi) is 4.02. The number of carbonyl (C=O) groups excluding carboxylic acids is 1. The summed E-state index contributed by atoms with van der Waals surface area (Å²) in [7, 11) is 1.20. The van der Waals surface area contributed by atoms with E-state index in [9.17, 15) is 19.7 Å². The molecule has 0 unspecified atom stereocenters. The third-order valence-electron chi connectivity index (χ3n) is 3.84. The molecule has 0 bridgehead atoms. The maximum atomic E-state index is 12.6. The summed E-state index contributed by atoms with van der Waals surface area (Å²) < 4.78 is 6.21. The molecular formula is C17H13N3O5. The van der Waals surface area contributed by atoms with Gasteiger partial charge in [-0.15, -0.1) is 0 Å². The minimum Gasteiger partial charge on any atom is -0.464 e. The molecule has 126 valence electrons. The largest absolute Gasteiger partial charge is 0.464 e.